The topological polar surface area (TPSA) is 92.2 Å². The number of rotatable bonds is 6. The van der Waals surface area contributed by atoms with Crippen LogP contribution in [0.5, 0.6) is 5.75 Å². The third-order valence-corrected chi connectivity index (χ3v) is 5.18. The summed E-state index contributed by atoms with van der Waals surface area (Å²) in [6.07, 6.45) is 1.46. The zero-order chi connectivity index (χ0) is 20.8. The van der Waals surface area contributed by atoms with Crippen molar-refractivity contribution in [3.63, 3.8) is 0 Å². The Hall–Kier alpha value is -2.91. The van der Waals surface area contributed by atoms with Gasteiger partial charge in [-0.25, -0.2) is 4.39 Å². The van der Waals surface area contributed by atoms with Gasteiger partial charge in [0.25, 0.3) is 0 Å². The van der Waals surface area contributed by atoms with Gasteiger partial charge in [0.1, 0.15) is 16.8 Å². The Kier molecular flexibility index (Phi) is 6.84. The smallest absolute Gasteiger partial charge is 0.240 e. The van der Waals surface area contributed by atoms with E-state index in [2.05, 4.69) is 20.8 Å². The Labute approximate surface area is 175 Å². The first-order chi connectivity index (χ1) is 13.9. The van der Waals surface area contributed by atoms with E-state index in [0.29, 0.717) is 10.9 Å². The molecule has 1 aliphatic heterocycles. The number of hydrogen-bond donors (Lipinski definition) is 2. The molecule has 3 rings (SSSR count). The number of thioether (sulfide) groups is 1. The van der Waals surface area contributed by atoms with Crippen molar-refractivity contribution in [1.82, 2.24) is 5.32 Å². The second kappa shape index (κ2) is 9.53. The normalized spacial score (nSPS) is 17.6. The number of benzene rings is 2. The lowest BCUT2D eigenvalue weighted by molar-refractivity contribution is -0.122. The first-order valence-electron chi connectivity index (χ1n) is 8.42. The van der Waals surface area contributed by atoms with Crippen molar-refractivity contribution < 1.29 is 18.7 Å². The number of nitrogens with one attached hydrogen (secondary N) is 2. The highest BCUT2D eigenvalue weighted by atomic mass is 35.5. The molecule has 7 nitrogen and oxygen atoms in total. The minimum atomic E-state index is -0.638. The van der Waals surface area contributed by atoms with Gasteiger partial charge >= 0.3 is 0 Å². The molecule has 1 saturated heterocycles. The molecule has 1 fully saturated rings. The van der Waals surface area contributed by atoms with Crippen LogP contribution in [0, 0.1) is 5.82 Å². The summed E-state index contributed by atoms with van der Waals surface area (Å²) in [5.41, 5.74) is 1.17. The molecule has 0 radical (unpaired) electrons. The molecule has 0 aliphatic carbocycles. The van der Waals surface area contributed by atoms with Crippen molar-refractivity contribution in [2.24, 2.45) is 10.2 Å². The van der Waals surface area contributed by atoms with E-state index in [0.717, 1.165) is 29.1 Å². The van der Waals surface area contributed by atoms with Gasteiger partial charge in [-0.15, -0.1) is 5.10 Å². The Balaban J connectivity index is 1.54. The Morgan fingerprint density at radius 3 is 2.79 bits per heavy atom. The molecule has 2 amide bonds. The quantitative estimate of drug-likeness (QED) is 0.538. The molecule has 2 aromatic carbocycles. The fourth-order valence-corrected chi connectivity index (χ4v) is 3.48. The SMILES string of the molecule is COc1ccc(C=N/N=C2\NC(=O)C(CC(=O)Nc3ccc(F)c(Cl)c3)S2)cc1. The number of nitrogens with zero attached hydrogens (tertiary/aromatic N) is 2. The van der Waals surface area contributed by atoms with E-state index in [9.17, 15) is 14.0 Å². The maximum atomic E-state index is 13.2. The summed E-state index contributed by atoms with van der Waals surface area (Å²) < 4.78 is 18.3. The van der Waals surface area contributed by atoms with Gasteiger partial charge in [-0.2, -0.15) is 5.10 Å². The number of hydrogen-bond acceptors (Lipinski definition) is 6. The van der Waals surface area contributed by atoms with Crippen molar-refractivity contribution >= 4 is 52.2 Å². The molecule has 2 N–H and O–H groups in total. The maximum absolute atomic E-state index is 13.2. The van der Waals surface area contributed by atoms with Crippen molar-refractivity contribution in [2.75, 3.05) is 12.4 Å². The van der Waals surface area contributed by atoms with Gasteiger partial charge in [-0.1, -0.05) is 23.4 Å². The van der Waals surface area contributed by atoms with Crippen molar-refractivity contribution in [2.45, 2.75) is 11.7 Å². The van der Waals surface area contributed by atoms with Crippen LogP contribution in [0.2, 0.25) is 5.02 Å². The summed E-state index contributed by atoms with van der Waals surface area (Å²) in [5.74, 6) is -0.577. The molecular formula is C19H16ClFN4O3S. The van der Waals surface area contributed by atoms with E-state index in [1.165, 1.54) is 18.3 Å². The van der Waals surface area contributed by atoms with Gasteiger partial charge in [0.05, 0.1) is 18.3 Å². The van der Waals surface area contributed by atoms with E-state index in [1.54, 1.807) is 19.2 Å². The number of halogens is 2. The molecule has 0 saturated carbocycles. The Morgan fingerprint density at radius 2 is 2.10 bits per heavy atom. The van der Waals surface area contributed by atoms with Crippen LogP contribution >= 0.6 is 23.4 Å². The maximum Gasteiger partial charge on any atom is 0.240 e. The van der Waals surface area contributed by atoms with Crippen LogP contribution in [0.1, 0.15) is 12.0 Å². The van der Waals surface area contributed by atoms with E-state index < -0.39 is 17.0 Å². The molecule has 0 bridgehead atoms. The average molecular weight is 435 g/mol. The van der Waals surface area contributed by atoms with Crippen LogP contribution in [0.3, 0.4) is 0 Å². The second-order valence-electron chi connectivity index (χ2n) is 5.90. The summed E-state index contributed by atoms with van der Waals surface area (Å²) in [5, 5.41) is 12.7. The number of amidine groups is 1. The molecular weight excluding hydrogens is 419 g/mol. The summed E-state index contributed by atoms with van der Waals surface area (Å²) in [6.45, 7) is 0. The van der Waals surface area contributed by atoms with E-state index in [1.807, 2.05) is 12.1 Å². The van der Waals surface area contributed by atoms with Crippen molar-refractivity contribution in [3.8, 4) is 5.75 Å². The minimum Gasteiger partial charge on any atom is -0.497 e. The third kappa shape index (κ3) is 5.78. The molecule has 1 unspecified atom stereocenters. The summed E-state index contributed by atoms with van der Waals surface area (Å²) in [7, 11) is 1.58. The van der Waals surface area contributed by atoms with Crippen LogP contribution in [0.25, 0.3) is 0 Å². The highest BCUT2D eigenvalue weighted by Gasteiger charge is 2.32. The van der Waals surface area contributed by atoms with Crippen LogP contribution in [0.15, 0.2) is 52.7 Å². The van der Waals surface area contributed by atoms with Gasteiger partial charge < -0.3 is 15.4 Å². The van der Waals surface area contributed by atoms with Gasteiger partial charge in [0.2, 0.25) is 11.8 Å². The minimum absolute atomic E-state index is 0.0767. The van der Waals surface area contributed by atoms with Crippen LogP contribution < -0.4 is 15.4 Å². The fraction of sp³-hybridized carbons (Fsp3) is 0.158. The van der Waals surface area contributed by atoms with Gasteiger partial charge in [-0.05, 0) is 48.0 Å². The highest BCUT2D eigenvalue weighted by Crippen LogP contribution is 2.24. The summed E-state index contributed by atoms with van der Waals surface area (Å²) >= 11 is 6.80. The summed E-state index contributed by atoms with van der Waals surface area (Å²) in [6, 6.07) is 11.1. The zero-order valence-corrected chi connectivity index (χ0v) is 16.8. The van der Waals surface area contributed by atoms with Crippen molar-refractivity contribution in [3.05, 3.63) is 58.9 Å². The number of amides is 2. The lowest BCUT2D eigenvalue weighted by Crippen LogP contribution is -2.28. The standard InChI is InChI=1S/C19H16ClFN4O3S/c1-28-13-5-2-11(3-6-13)10-22-25-19-24-18(27)16(29-19)9-17(26)23-12-4-7-15(21)14(20)8-12/h2-8,10,16H,9H2,1H3,(H,23,26)(H,24,25,27). The van der Waals surface area contributed by atoms with Crippen LogP contribution in [0.4, 0.5) is 10.1 Å². The molecule has 1 atom stereocenters. The van der Waals surface area contributed by atoms with E-state index in [-0.39, 0.29) is 17.4 Å². The average Bonchev–Trinajstić information content (AvgIpc) is 3.04. The van der Waals surface area contributed by atoms with Gasteiger partial charge in [-0.3, -0.25) is 9.59 Å². The zero-order valence-electron chi connectivity index (χ0n) is 15.2. The Bertz CT molecular complexity index is 982. The molecule has 10 heteroatoms. The number of carbonyl (C=O) groups excluding carboxylic acids is 2. The third-order valence-electron chi connectivity index (χ3n) is 3.82. The molecule has 0 aromatic heterocycles. The molecule has 29 heavy (non-hydrogen) atoms. The van der Waals surface area contributed by atoms with Crippen LogP contribution in [-0.2, 0) is 9.59 Å². The fourth-order valence-electron chi connectivity index (χ4n) is 2.38. The number of carbonyl (C=O) groups is 2. The highest BCUT2D eigenvalue weighted by molar-refractivity contribution is 8.15. The van der Waals surface area contributed by atoms with Crippen molar-refractivity contribution in [1.29, 1.82) is 0 Å². The monoisotopic (exact) mass is 434 g/mol. The largest absolute Gasteiger partial charge is 0.497 e. The number of anilines is 1. The first kappa shape index (κ1) is 20.8. The van der Waals surface area contributed by atoms with Gasteiger partial charge in [0, 0.05) is 12.1 Å². The Morgan fingerprint density at radius 1 is 1.34 bits per heavy atom. The second-order valence-corrected chi connectivity index (χ2v) is 7.50. The summed E-state index contributed by atoms with van der Waals surface area (Å²) in [4.78, 5) is 24.2. The lowest BCUT2D eigenvalue weighted by atomic mass is 10.2. The molecule has 1 heterocycles. The number of ether oxygens (including phenoxy) is 1. The molecule has 0 spiro atoms. The lowest BCUT2D eigenvalue weighted by Gasteiger charge is -2.07. The predicted octanol–water partition coefficient (Wildman–Crippen LogP) is 3.44. The molecule has 150 valence electrons. The first-order valence-corrected chi connectivity index (χ1v) is 9.68. The van der Waals surface area contributed by atoms with Crippen LogP contribution in [-0.4, -0.2) is 35.6 Å². The predicted molar refractivity (Wildman–Crippen MR) is 112 cm³/mol. The van der Waals surface area contributed by atoms with E-state index >= 15 is 0 Å². The van der Waals surface area contributed by atoms with E-state index in [4.69, 9.17) is 16.3 Å². The molecule has 1 aliphatic rings. The van der Waals surface area contributed by atoms with Gasteiger partial charge in [0.15, 0.2) is 5.17 Å². The molecule has 2 aromatic rings. The number of methoxy groups -OCH3 is 1.